The average molecular weight is 264 g/mol. The molecule has 0 saturated heterocycles. The largest absolute Gasteiger partial charge is 0.330 e. The summed E-state index contributed by atoms with van der Waals surface area (Å²) in [6.07, 6.45) is -2.40. The van der Waals surface area contributed by atoms with Gasteiger partial charge in [-0.3, -0.25) is 0 Å². The third-order valence-corrected chi connectivity index (χ3v) is 3.06. The number of halogens is 3. The number of benzene rings is 1. The zero-order valence-electron chi connectivity index (χ0n) is 7.81. The van der Waals surface area contributed by atoms with Crippen molar-refractivity contribution < 1.29 is 8.78 Å². The fraction of sp³-hybridized carbons (Fsp3) is 0.400. The Labute approximate surface area is 90.4 Å². The molecule has 1 atom stereocenters. The second-order valence-corrected chi connectivity index (χ2v) is 4.04. The van der Waals surface area contributed by atoms with Crippen molar-refractivity contribution in [2.75, 3.05) is 6.54 Å². The first-order chi connectivity index (χ1) is 6.56. The topological polar surface area (TPSA) is 26.0 Å². The number of hydrogen-bond donors (Lipinski definition) is 1. The van der Waals surface area contributed by atoms with Crippen molar-refractivity contribution in [1.29, 1.82) is 0 Å². The van der Waals surface area contributed by atoms with E-state index in [4.69, 9.17) is 5.73 Å². The SMILES string of the molecule is Cc1cc(C(CN)C(F)F)ccc1Br. The Balaban J connectivity index is 3.00. The second kappa shape index (κ2) is 4.84. The maximum absolute atomic E-state index is 12.5. The number of nitrogens with two attached hydrogens (primary N) is 1. The van der Waals surface area contributed by atoms with Gasteiger partial charge in [0.25, 0.3) is 0 Å². The summed E-state index contributed by atoms with van der Waals surface area (Å²) in [5.41, 5.74) is 6.85. The maximum atomic E-state index is 12.5. The van der Waals surface area contributed by atoms with Gasteiger partial charge in [-0.05, 0) is 24.1 Å². The molecule has 1 aromatic carbocycles. The Bertz CT molecular complexity index is 315. The summed E-state index contributed by atoms with van der Waals surface area (Å²) in [5, 5.41) is 0. The van der Waals surface area contributed by atoms with E-state index < -0.39 is 12.3 Å². The monoisotopic (exact) mass is 263 g/mol. The van der Waals surface area contributed by atoms with Gasteiger partial charge >= 0.3 is 0 Å². The molecule has 4 heteroatoms. The summed E-state index contributed by atoms with van der Waals surface area (Å²) < 4.78 is 26.0. The Morgan fingerprint density at radius 1 is 1.43 bits per heavy atom. The highest BCUT2D eigenvalue weighted by atomic mass is 79.9. The smallest absolute Gasteiger partial charge is 0.246 e. The lowest BCUT2D eigenvalue weighted by Gasteiger charge is -2.14. The van der Waals surface area contributed by atoms with Gasteiger partial charge in [-0.25, -0.2) is 8.78 Å². The van der Waals surface area contributed by atoms with Crippen molar-refractivity contribution in [2.24, 2.45) is 5.73 Å². The lowest BCUT2D eigenvalue weighted by molar-refractivity contribution is 0.117. The highest BCUT2D eigenvalue weighted by molar-refractivity contribution is 9.10. The van der Waals surface area contributed by atoms with Gasteiger partial charge in [-0.2, -0.15) is 0 Å². The molecule has 2 N–H and O–H groups in total. The molecule has 0 amide bonds. The minimum absolute atomic E-state index is 0.0290. The first-order valence-corrected chi connectivity index (χ1v) is 5.09. The molecule has 1 rings (SSSR count). The van der Waals surface area contributed by atoms with E-state index in [1.165, 1.54) is 0 Å². The molecule has 0 bridgehead atoms. The van der Waals surface area contributed by atoms with Crippen LogP contribution < -0.4 is 5.73 Å². The first-order valence-electron chi connectivity index (χ1n) is 4.30. The van der Waals surface area contributed by atoms with E-state index in [0.717, 1.165) is 10.0 Å². The summed E-state index contributed by atoms with van der Waals surface area (Å²) in [7, 11) is 0. The number of rotatable bonds is 3. The molecule has 0 fully saturated rings. The van der Waals surface area contributed by atoms with Crippen LogP contribution in [0.2, 0.25) is 0 Å². The first kappa shape index (κ1) is 11.6. The van der Waals surface area contributed by atoms with Gasteiger partial charge in [0.05, 0.1) is 5.92 Å². The van der Waals surface area contributed by atoms with Gasteiger partial charge in [0.1, 0.15) is 0 Å². The lowest BCUT2D eigenvalue weighted by atomic mass is 9.98. The van der Waals surface area contributed by atoms with Gasteiger partial charge in [0.15, 0.2) is 0 Å². The van der Waals surface area contributed by atoms with E-state index in [1.54, 1.807) is 18.2 Å². The molecule has 0 aliphatic rings. The molecule has 1 aromatic rings. The molecule has 0 saturated carbocycles. The van der Waals surface area contributed by atoms with Crippen molar-refractivity contribution in [3.8, 4) is 0 Å². The van der Waals surface area contributed by atoms with Crippen molar-refractivity contribution in [3.63, 3.8) is 0 Å². The predicted octanol–water partition coefficient (Wildman–Crippen LogP) is 3.06. The fourth-order valence-electron chi connectivity index (χ4n) is 1.28. The van der Waals surface area contributed by atoms with Crippen molar-refractivity contribution in [3.05, 3.63) is 33.8 Å². The molecule has 1 nitrogen and oxygen atoms in total. The van der Waals surface area contributed by atoms with Gasteiger partial charge < -0.3 is 5.73 Å². The Morgan fingerprint density at radius 3 is 2.50 bits per heavy atom. The molecule has 1 unspecified atom stereocenters. The number of hydrogen-bond acceptors (Lipinski definition) is 1. The molecule has 0 radical (unpaired) electrons. The van der Waals surface area contributed by atoms with Gasteiger partial charge in [-0.1, -0.05) is 28.1 Å². The molecule has 0 aliphatic heterocycles. The summed E-state index contributed by atoms with van der Waals surface area (Å²) in [5.74, 6) is -0.859. The normalized spacial score (nSPS) is 13.3. The van der Waals surface area contributed by atoms with Crippen LogP contribution in [0.4, 0.5) is 8.78 Å². The summed E-state index contributed by atoms with van der Waals surface area (Å²) in [6.45, 7) is 1.84. The standard InChI is InChI=1S/C10H12BrF2N/c1-6-4-7(2-3-9(6)11)8(5-14)10(12)13/h2-4,8,10H,5,14H2,1H3. The van der Waals surface area contributed by atoms with Crippen LogP contribution in [0.25, 0.3) is 0 Å². The number of alkyl halides is 2. The van der Waals surface area contributed by atoms with Crippen LogP contribution in [0.5, 0.6) is 0 Å². The Kier molecular flexibility index (Phi) is 4.01. The third-order valence-electron chi connectivity index (χ3n) is 2.17. The van der Waals surface area contributed by atoms with Crippen LogP contribution in [0.1, 0.15) is 17.0 Å². The molecule has 0 aliphatic carbocycles. The maximum Gasteiger partial charge on any atom is 0.246 e. The second-order valence-electron chi connectivity index (χ2n) is 3.19. The van der Waals surface area contributed by atoms with Gasteiger partial charge in [0, 0.05) is 11.0 Å². The minimum atomic E-state index is -2.40. The fourth-order valence-corrected chi connectivity index (χ4v) is 1.53. The van der Waals surface area contributed by atoms with E-state index in [-0.39, 0.29) is 6.54 Å². The minimum Gasteiger partial charge on any atom is -0.330 e. The molecule has 0 spiro atoms. The van der Waals surface area contributed by atoms with Crippen LogP contribution in [0, 0.1) is 6.92 Å². The Morgan fingerprint density at radius 2 is 2.07 bits per heavy atom. The van der Waals surface area contributed by atoms with Crippen molar-refractivity contribution in [2.45, 2.75) is 19.3 Å². The summed E-state index contributed by atoms with van der Waals surface area (Å²) >= 11 is 3.32. The van der Waals surface area contributed by atoms with E-state index in [0.29, 0.717) is 5.56 Å². The lowest BCUT2D eigenvalue weighted by Crippen LogP contribution is -2.19. The third kappa shape index (κ3) is 2.51. The van der Waals surface area contributed by atoms with Crippen LogP contribution in [-0.2, 0) is 0 Å². The summed E-state index contributed by atoms with van der Waals surface area (Å²) in [4.78, 5) is 0. The molecule has 0 aromatic heterocycles. The summed E-state index contributed by atoms with van der Waals surface area (Å²) in [6, 6.07) is 5.20. The van der Waals surface area contributed by atoms with Crippen molar-refractivity contribution in [1.82, 2.24) is 0 Å². The zero-order valence-corrected chi connectivity index (χ0v) is 9.39. The zero-order chi connectivity index (χ0) is 10.7. The molecule has 78 valence electrons. The van der Waals surface area contributed by atoms with E-state index >= 15 is 0 Å². The van der Waals surface area contributed by atoms with Crippen LogP contribution >= 0.6 is 15.9 Å². The van der Waals surface area contributed by atoms with Crippen LogP contribution in [0.3, 0.4) is 0 Å². The molecule has 14 heavy (non-hydrogen) atoms. The van der Waals surface area contributed by atoms with Crippen LogP contribution in [0.15, 0.2) is 22.7 Å². The van der Waals surface area contributed by atoms with Crippen molar-refractivity contribution >= 4 is 15.9 Å². The van der Waals surface area contributed by atoms with E-state index in [9.17, 15) is 8.78 Å². The van der Waals surface area contributed by atoms with E-state index in [1.807, 2.05) is 6.92 Å². The van der Waals surface area contributed by atoms with Gasteiger partial charge in [-0.15, -0.1) is 0 Å². The highest BCUT2D eigenvalue weighted by Gasteiger charge is 2.20. The quantitative estimate of drug-likeness (QED) is 0.892. The molecular formula is C10H12BrF2N. The molecule has 0 heterocycles. The van der Waals surface area contributed by atoms with E-state index in [2.05, 4.69) is 15.9 Å². The van der Waals surface area contributed by atoms with Gasteiger partial charge in [0.2, 0.25) is 6.43 Å². The predicted molar refractivity (Wildman–Crippen MR) is 56.7 cm³/mol. The highest BCUT2D eigenvalue weighted by Crippen LogP contribution is 2.26. The van der Waals surface area contributed by atoms with Crippen LogP contribution in [-0.4, -0.2) is 13.0 Å². The molecular weight excluding hydrogens is 252 g/mol. The number of aryl methyl sites for hydroxylation is 1. The Hall–Kier alpha value is -0.480. The average Bonchev–Trinajstić information content (AvgIpc) is 2.11.